The molecule has 0 N–H and O–H groups in total. The third-order valence-electron chi connectivity index (χ3n) is 3.43. The first kappa shape index (κ1) is 8.88. The van der Waals surface area contributed by atoms with E-state index in [1.165, 1.54) is 16.9 Å². The van der Waals surface area contributed by atoms with Crippen molar-refractivity contribution in [1.29, 1.82) is 0 Å². The molecule has 4 rings (SSSR count). The Morgan fingerprint density at radius 2 is 1.88 bits per heavy atom. The maximum atomic E-state index is 2.32. The zero-order valence-corrected chi connectivity index (χ0v) is 9.32. The maximum Gasteiger partial charge on any atom is 0.129 e. The summed E-state index contributed by atoms with van der Waals surface area (Å²) in [7, 11) is 0. The molecule has 3 heterocycles. The summed E-state index contributed by atoms with van der Waals surface area (Å²) < 4.78 is 0. The molecule has 0 amide bonds. The van der Waals surface area contributed by atoms with Crippen molar-refractivity contribution < 1.29 is 0 Å². The molecule has 0 aromatic heterocycles. The molecule has 0 saturated carbocycles. The Hall–Kier alpha value is -2.22. The quantitative estimate of drug-likeness (QED) is 0.663. The summed E-state index contributed by atoms with van der Waals surface area (Å²) in [5.41, 5.74) is 3.82. The lowest BCUT2D eigenvalue weighted by atomic mass is 10.1. The van der Waals surface area contributed by atoms with Crippen molar-refractivity contribution in [2.24, 2.45) is 0 Å². The average molecular weight is 220 g/mol. The van der Waals surface area contributed by atoms with Crippen molar-refractivity contribution in [2.75, 3.05) is 4.90 Å². The van der Waals surface area contributed by atoms with Gasteiger partial charge >= 0.3 is 0 Å². The van der Waals surface area contributed by atoms with E-state index in [0.29, 0.717) is 6.17 Å². The Morgan fingerprint density at radius 3 is 2.88 bits per heavy atom. The van der Waals surface area contributed by atoms with Gasteiger partial charge in [0.15, 0.2) is 0 Å². The van der Waals surface area contributed by atoms with Crippen LogP contribution in [0, 0.1) is 0 Å². The van der Waals surface area contributed by atoms with Crippen LogP contribution in [-0.4, -0.2) is 11.1 Å². The summed E-state index contributed by atoms with van der Waals surface area (Å²) in [5.74, 6) is 0. The largest absolute Gasteiger partial charge is 0.322 e. The van der Waals surface area contributed by atoms with Gasteiger partial charge in [-0.05, 0) is 29.9 Å². The van der Waals surface area contributed by atoms with Gasteiger partial charge in [0.2, 0.25) is 0 Å². The van der Waals surface area contributed by atoms with E-state index in [2.05, 4.69) is 76.8 Å². The SMILES string of the molecule is C1=CC2=CN3c4ccccc4C=CC3N2C=C1. The molecule has 3 aliphatic heterocycles. The molecule has 0 saturated heterocycles. The van der Waals surface area contributed by atoms with Crippen LogP contribution in [0.1, 0.15) is 5.56 Å². The van der Waals surface area contributed by atoms with Crippen LogP contribution in [0.15, 0.2) is 66.7 Å². The first-order chi connectivity index (χ1) is 8.43. The first-order valence-corrected chi connectivity index (χ1v) is 5.84. The van der Waals surface area contributed by atoms with Crippen LogP contribution >= 0.6 is 0 Å². The second-order valence-electron chi connectivity index (χ2n) is 4.40. The van der Waals surface area contributed by atoms with E-state index in [0.717, 1.165) is 0 Å². The van der Waals surface area contributed by atoms with Gasteiger partial charge in [0.05, 0.1) is 11.4 Å². The Bertz CT molecular complexity index is 593. The van der Waals surface area contributed by atoms with Crippen molar-refractivity contribution in [2.45, 2.75) is 6.17 Å². The number of rotatable bonds is 0. The molecular formula is C15H12N2. The second-order valence-corrected chi connectivity index (χ2v) is 4.40. The van der Waals surface area contributed by atoms with Gasteiger partial charge in [-0.2, -0.15) is 0 Å². The fourth-order valence-electron chi connectivity index (χ4n) is 2.62. The van der Waals surface area contributed by atoms with Crippen LogP contribution in [0.4, 0.5) is 5.69 Å². The lowest BCUT2D eigenvalue weighted by Crippen LogP contribution is -2.37. The number of benzene rings is 1. The van der Waals surface area contributed by atoms with Crippen LogP contribution in [0.5, 0.6) is 0 Å². The molecule has 2 heteroatoms. The Labute approximate surface area is 100 Å². The fourth-order valence-corrected chi connectivity index (χ4v) is 2.62. The minimum Gasteiger partial charge on any atom is -0.322 e. The Kier molecular flexibility index (Phi) is 1.64. The fraction of sp³-hybridized carbons (Fsp3) is 0.0667. The normalized spacial score (nSPS) is 23.3. The minimum atomic E-state index is 0.293. The third kappa shape index (κ3) is 1.15. The summed E-state index contributed by atoms with van der Waals surface area (Å²) in [6, 6.07) is 8.51. The van der Waals surface area contributed by atoms with Gasteiger partial charge < -0.3 is 9.80 Å². The van der Waals surface area contributed by atoms with Gasteiger partial charge in [0, 0.05) is 12.4 Å². The summed E-state index contributed by atoms with van der Waals surface area (Å²) in [6.45, 7) is 0. The van der Waals surface area contributed by atoms with E-state index < -0.39 is 0 Å². The molecule has 1 aromatic rings. The van der Waals surface area contributed by atoms with Crippen LogP contribution in [-0.2, 0) is 0 Å². The zero-order valence-electron chi connectivity index (χ0n) is 9.32. The molecule has 0 aliphatic carbocycles. The molecule has 1 unspecified atom stereocenters. The van der Waals surface area contributed by atoms with Crippen molar-refractivity contribution >= 4 is 11.8 Å². The molecule has 0 bridgehead atoms. The van der Waals surface area contributed by atoms with Gasteiger partial charge in [-0.25, -0.2) is 0 Å². The van der Waals surface area contributed by atoms with Gasteiger partial charge in [-0.15, -0.1) is 0 Å². The van der Waals surface area contributed by atoms with E-state index in [4.69, 9.17) is 0 Å². The highest BCUT2D eigenvalue weighted by atomic mass is 15.4. The molecule has 2 nitrogen and oxygen atoms in total. The molecule has 82 valence electrons. The summed E-state index contributed by atoms with van der Waals surface area (Å²) in [4.78, 5) is 4.61. The van der Waals surface area contributed by atoms with Crippen molar-refractivity contribution in [3.05, 3.63) is 72.2 Å². The smallest absolute Gasteiger partial charge is 0.129 e. The maximum absolute atomic E-state index is 2.32. The van der Waals surface area contributed by atoms with E-state index in [-0.39, 0.29) is 0 Å². The van der Waals surface area contributed by atoms with Crippen LogP contribution < -0.4 is 4.90 Å². The lowest BCUT2D eigenvalue weighted by Gasteiger charge is -2.33. The van der Waals surface area contributed by atoms with Crippen LogP contribution in [0.25, 0.3) is 6.08 Å². The lowest BCUT2D eigenvalue weighted by molar-refractivity contribution is 0.437. The summed E-state index contributed by atoms with van der Waals surface area (Å²) >= 11 is 0. The molecule has 17 heavy (non-hydrogen) atoms. The predicted octanol–water partition coefficient (Wildman–Crippen LogP) is 3.09. The Balaban J connectivity index is 1.87. The predicted molar refractivity (Wildman–Crippen MR) is 69.9 cm³/mol. The topological polar surface area (TPSA) is 6.48 Å². The number of hydrogen-bond donors (Lipinski definition) is 0. The number of anilines is 1. The summed E-state index contributed by atoms with van der Waals surface area (Å²) in [5, 5.41) is 0. The number of fused-ring (bicyclic) bond motifs is 5. The highest BCUT2D eigenvalue weighted by Gasteiger charge is 2.32. The highest BCUT2D eigenvalue weighted by molar-refractivity contribution is 5.75. The first-order valence-electron chi connectivity index (χ1n) is 5.84. The number of para-hydroxylation sites is 1. The molecule has 3 aliphatic rings. The van der Waals surface area contributed by atoms with Crippen molar-refractivity contribution in [3.8, 4) is 0 Å². The highest BCUT2D eigenvalue weighted by Crippen LogP contribution is 2.37. The van der Waals surface area contributed by atoms with Crippen LogP contribution in [0.3, 0.4) is 0 Å². The second kappa shape index (κ2) is 3.14. The van der Waals surface area contributed by atoms with E-state index in [1.54, 1.807) is 0 Å². The van der Waals surface area contributed by atoms with Crippen LogP contribution in [0.2, 0.25) is 0 Å². The minimum absolute atomic E-state index is 0.293. The standard InChI is InChI=1S/C15H12N2/c1-2-7-14-12(5-1)8-9-15-16-10-4-3-6-13(16)11-17(14)15/h1-11,15H. The van der Waals surface area contributed by atoms with E-state index >= 15 is 0 Å². The van der Waals surface area contributed by atoms with Gasteiger partial charge in [0.25, 0.3) is 0 Å². The summed E-state index contributed by atoms with van der Waals surface area (Å²) in [6.07, 6.45) is 15.4. The molecule has 1 aromatic carbocycles. The monoisotopic (exact) mass is 220 g/mol. The molecule has 1 atom stereocenters. The molecule has 0 spiro atoms. The van der Waals surface area contributed by atoms with Gasteiger partial charge in [-0.3, -0.25) is 0 Å². The molecule has 0 fully saturated rings. The van der Waals surface area contributed by atoms with E-state index in [1.807, 2.05) is 0 Å². The molecule has 0 radical (unpaired) electrons. The number of nitrogens with zero attached hydrogens (tertiary/aromatic N) is 2. The van der Waals surface area contributed by atoms with E-state index in [9.17, 15) is 0 Å². The molecular weight excluding hydrogens is 208 g/mol. The number of hydrogen-bond acceptors (Lipinski definition) is 2. The average Bonchev–Trinajstić information content (AvgIpc) is 2.78. The third-order valence-corrected chi connectivity index (χ3v) is 3.43. The van der Waals surface area contributed by atoms with Crippen molar-refractivity contribution in [3.63, 3.8) is 0 Å². The number of allylic oxidation sites excluding steroid dienone is 3. The Morgan fingerprint density at radius 1 is 0.941 bits per heavy atom. The van der Waals surface area contributed by atoms with Crippen molar-refractivity contribution in [1.82, 2.24) is 4.90 Å². The van der Waals surface area contributed by atoms with Gasteiger partial charge in [-0.1, -0.05) is 30.4 Å². The van der Waals surface area contributed by atoms with Gasteiger partial charge in [0.1, 0.15) is 6.17 Å². The zero-order chi connectivity index (χ0) is 11.2.